The molecule has 0 fully saturated rings. The Morgan fingerprint density at radius 3 is 2.84 bits per heavy atom. The first-order valence-electron chi connectivity index (χ1n) is 6.46. The third-order valence-electron chi connectivity index (χ3n) is 3.78. The Bertz CT molecular complexity index is 673. The van der Waals surface area contributed by atoms with Crippen molar-refractivity contribution in [2.45, 2.75) is 19.8 Å². The summed E-state index contributed by atoms with van der Waals surface area (Å²) in [6.07, 6.45) is 1.34. The molecule has 3 rings (SSSR count). The molecule has 1 aliphatic rings. The van der Waals surface area contributed by atoms with Crippen LogP contribution in [0.25, 0.3) is 10.8 Å². The lowest BCUT2D eigenvalue weighted by atomic mass is 9.82. The summed E-state index contributed by atoms with van der Waals surface area (Å²) in [7, 11) is 1.57. The molecule has 1 aliphatic carbocycles. The van der Waals surface area contributed by atoms with E-state index < -0.39 is 0 Å². The fourth-order valence-corrected chi connectivity index (χ4v) is 2.97. The fourth-order valence-electron chi connectivity index (χ4n) is 2.97. The summed E-state index contributed by atoms with van der Waals surface area (Å²) in [6.45, 7) is 2.06. The van der Waals surface area contributed by atoms with Crippen LogP contribution in [0, 0.1) is 5.92 Å². The molecule has 19 heavy (non-hydrogen) atoms. The van der Waals surface area contributed by atoms with Gasteiger partial charge in [-0.3, -0.25) is 4.79 Å². The molecule has 1 unspecified atom stereocenters. The second-order valence-electron chi connectivity index (χ2n) is 5.25. The maximum absolute atomic E-state index is 12.2. The van der Waals surface area contributed by atoms with Crippen molar-refractivity contribution in [1.82, 2.24) is 0 Å². The molecule has 3 nitrogen and oxygen atoms in total. The van der Waals surface area contributed by atoms with Gasteiger partial charge in [-0.05, 0) is 29.4 Å². The highest BCUT2D eigenvalue weighted by molar-refractivity contribution is 6.08. The van der Waals surface area contributed by atoms with Gasteiger partial charge < -0.3 is 9.84 Å². The van der Waals surface area contributed by atoms with Crippen LogP contribution < -0.4 is 4.74 Å². The van der Waals surface area contributed by atoms with Crippen molar-refractivity contribution in [2.24, 2.45) is 5.92 Å². The van der Waals surface area contributed by atoms with Crippen LogP contribution in [0.5, 0.6) is 11.5 Å². The van der Waals surface area contributed by atoms with Crippen molar-refractivity contribution in [3.63, 3.8) is 0 Å². The van der Waals surface area contributed by atoms with E-state index in [-0.39, 0.29) is 11.5 Å². The van der Waals surface area contributed by atoms with Crippen LogP contribution in [0.4, 0.5) is 0 Å². The maximum Gasteiger partial charge on any atom is 0.167 e. The number of benzene rings is 2. The molecule has 0 spiro atoms. The van der Waals surface area contributed by atoms with E-state index in [1.807, 2.05) is 18.2 Å². The SMILES string of the molecule is COc1cccc2cc3c(c(O)c12)C(=O)CC(C)C3. The van der Waals surface area contributed by atoms with E-state index in [2.05, 4.69) is 6.92 Å². The van der Waals surface area contributed by atoms with E-state index in [0.29, 0.717) is 29.0 Å². The summed E-state index contributed by atoms with van der Waals surface area (Å²) in [6, 6.07) is 7.62. The van der Waals surface area contributed by atoms with Gasteiger partial charge in [0.05, 0.1) is 18.1 Å². The number of aromatic hydroxyl groups is 1. The van der Waals surface area contributed by atoms with Crippen molar-refractivity contribution in [3.05, 3.63) is 35.4 Å². The smallest absolute Gasteiger partial charge is 0.167 e. The fraction of sp³-hybridized carbons (Fsp3) is 0.312. The molecule has 0 saturated heterocycles. The van der Waals surface area contributed by atoms with Gasteiger partial charge in [0.1, 0.15) is 11.5 Å². The van der Waals surface area contributed by atoms with E-state index >= 15 is 0 Å². The van der Waals surface area contributed by atoms with Gasteiger partial charge in [0.2, 0.25) is 0 Å². The number of rotatable bonds is 1. The molecule has 1 N–H and O–H groups in total. The van der Waals surface area contributed by atoms with Crippen molar-refractivity contribution < 1.29 is 14.6 Å². The average molecular weight is 256 g/mol. The average Bonchev–Trinajstić information content (AvgIpc) is 2.36. The Morgan fingerprint density at radius 1 is 1.32 bits per heavy atom. The minimum absolute atomic E-state index is 0.0269. The lowest BCUT2D eigenvalue weighted by Crippen LogP contribution is -2.18. The van der Waals surface area contributed by atoms with E-state index in [1.54, 1.807) is 13.2 Å². The molecular weight excluding hydrogens is 240 g/mol. The molecule has 1 atom stereocenters. The van der Waals surface area contributed by atoms with E-state index in [9.17, 15) is 9.90 Å². The van der Waals surface area contributed by atoms with Gasteiger partial charge in [0, 0.05) is 6.42 Å². The molecule has 0 radical (unpaired) electrons. The van der Waals surface area contributed by atoms with Crippen LogP contribution in [0.2, 0.25) is 0 Å². The zero-order valence-electron chi connectivity index (χ0n) is 11.1. The number of hydrogen-bond donors (Lipinski definition) is 1. The molecular formula is C16H16O3. The number of ketones is 1. The monoisotopic (exact) mass is 256 g/mol. The number of hydrogen-bond acceptors (Lipinski definition) is 3. The molecule has 0 heterocycles. The number of phenolic OH excluding ortho intramolecular Hbond substituents is 1. The Balaban J connectivity index is 2.37. The third kappa shape index (κ3) is 1.77. The van der Waals surface area contributed by atoms with Gasteiger partial charge in [-0.2, -0.15) is 0 Å². The van der Waals surface area contributed by atoms with Gasteiger partial charge >= 0.3 is 0 Å². The highest BCUT2D eigenvalue weighted by Gasteiger charge is 2.27. The number of carbonyl (C=O) groups excluding carboxylic acids is 1. The van der Waals surface area contributed by atoms with E-state index in [0.717, 1.165) is 17.4 Å². The summed E-state index contributed by atoms with van der Waals surface area (Å²) in [4.78, 5) is 12.2. The topological polar surface area (TPSA) is 46.5 Å². The molecule has 0 aliphatic heterocycles. The molecule has 0 bridgehead atoms. The number of carbonyl (C=O) groups is 1. The molecule has 0 aromatic heterocycles. The number of ether oxygens (including phenoxy) is 1. The first-order valence-corrected chi connectivity index (χ1v) is 6.46. The van der Waals surface area contributed by atoms with Crippen LogP contribution in [0.3, 0.4) is 0 Å². The van der Waals surface area contributed by atoms with Crippen LogP contribution >= 0.6 is 0 Å². The van der Waals surface area contributed by atoms with Gasteiger partial charge in [-0.15, -0.1) is 0 Å². The summed E-state index contributed by atoms with van der Waals surface area (Å²) < 4.78 is 5.28. The Morgan fingerprint density at radius 2 is 2.11 bits per heavy atom. The Kier molecular flexibility index (Phi) is 2.70. The van der Waals surface area contributed by atoms with Crippen LogP contribution in [0.1, 0.15) is 29.3 Å². The molecule has 0 saturated carbocycles. The predicted molar refractivity (Wildman–Crippen MR) is 74.0 cm³/mol. The zero-order valence-corrected chi connectivity index (χ0v) is 11.1. The second kappa shape index (κ2) is 4.26. The van der Waals surface area contributed by atoms with Crippen molar-refractivity contribution in [1.29, 1.82) is 0 Å². The Hall–Kier alpha value is -2.03. The third-order valence-corrected chi connectivity index (χ3v) is 3.78. The first-order chi connectivity index (χ1) is 9.11. The van der Waals surface area contributed by atoms with Crippen molar-refractivity contribution >= 4 is 16.6 Å². The standard InChI is InChI=1S/C16H16O3/c1-9-6-11-8-10-4-3-5-13(19-2)15(10)16(18)14(11)12(17)7-9/h3-5,8-9,18H,6-7H2,1-2H3. The Labute approximate surface area is 111 Å². The number of fused-ring (bicyclic) bond motifs is 2. The molecule has 2 aromatic carbocycles. The molecule has 98 valence electrons. The maximum atomic E-state index is 12.2. The van der Waals surface area contributed by atoms with Crippen LogP contribution in [0.15, 0.2) is 24.3 Å². The molecule has 0 amide bonds. The lowest BCUT2D eigenvalue weighted by molar-refractivity contribution is 0.0950. The highest BCUT2D eigenvalue weighted by atomic mass is 16.5. The minimum Gasteiger partial charge on any atom is -0.506 e. The van der Waals surface area contributed by atoms with Gasteiger partial charge in [-0.1, -0.05) is 25.1 Å². The predicted octanol–water partition coefficient (Wildman–Crippen LogP) is 3.32. The normalized spacial score (nSPS) is 18.4. The second-order valence-corrected chi connectivity index (χ2v) is 5.25. The van der Waals surface area contributed by atoms with Crippen molar-refractivity contribution in [3.8, 4) is 11.5 Å². The quantitative estimate of drug-likeness (QED) is 0.851. The molecule has 2 aromatic rings. The zero-order chi connectivity index (χ0) is 13.6. The summed E-state index contributed by atoms with van der Waals surface area (Å²) in [5.41, 5.74) is 1.43. The summed E-state index contributed by atoms with van der Waals surface area (Å²) in [5, 5.41) is 12.0. The van der Waals surface area contributed by atoms with Gasteiger partial charge in [0.25, 0.3) is 0 Å². The number of methoxy groups -OCH3 is 1. The summed E-state index contributed by atoms with van der Waals surface area (Å²) in [5.74, 6) is 1.03. The van der Waals surface area contributed by atoms with E-state index in [4.69, 9.17) is 4.74 Å². The number of phenols is 1. The first kappa shape index (κ1) is 12.0. The van der Waals surface area contributed by atoms with E-state index in [1.165, 1.54) is 0 Å². The van der Waals surface area contributed by atoms with Gasteiger partial charge in [0.15, 0.2) is 5.78 Å². The van der Waals surface area contributed by atoms with Crippen molar-refractivity contribution in [2.75, 3.05) is 7.11 Å². The lowest BCUT2D eigenvalue weighted by Gasteiger charge is -2.22. The van der Waals surface area contributed by atoms with Gasteiger partial charge in [-0.25, -0.2) is 0 Å². The molecule has 3 heteroatoms. The number of Topliss-reactive ketones (excluding diaryl/α,β-unsaturated/α-hetero) is 1. The minimum atomic E-state index is 0.0269. The highest BCUT2D eigenvalue weighted by Crippen LogP contribution is 2.41. The summed E-state index contributed by atoms with van der Waals surface area (Å²) >= 11 is 0. The van der Waals surface area contributed by atoms with Crippen LogP contribution in [-0.2, 0) is 6.42 Å². The van der Waals surface area contributed by atoms with Crippen LogP contribution in [-0.4, -0.2) is 18.0 Å². The largest absolute Gasteiger partial charge is 0.506 e.